The molecule has 1 aromatic heterocycles. The topological polar surface area (TPSA) is 104 Å². The number of nitrogens with two attached hydrogens (primary N) is 1. The number of hydrogen-bond donors (Lipinski definition) is 1. The predicted molar refractivity (Wildman–Crippen MR) is 116 cm³/mol. The second-order valence-corrected chi connectivity index (χ2v) is 6.96. The molecule has 0 aliphatic carbocycles. The zero-order valence-electron chi connectivity index (χ0n) is 16.7. The molecule has 0 aliphatic rings. The Labute approximate surface area is 177 Å². The van der Waals surface area contributed by atoms with Crippen LogP contribution in [0.3, 0.4) is 0 Å². The van der Waals surface area contributed by atoms with Gasteiger partial charge in [0.05, 0.1) is 22.2 Å². The maximum Gasteiger partial charge on any atom is 0.339 e. The van der Waals surface area contributed by atoms with Gasteiger partial charge < -0.3 is 10.5 Å². The number of carbonyl (C=O) groups is 2. The molecule has 4 aromatic rings. The van der Waals surface area contributed by atoms with Crippen molar-refractivity contribution in [2.45, 2.75) is 13.0 Å². The number of fused-ring (bicyclic) bond motifs is 1. The molecule has 1 unspecified atom stereocenters. The summed E-state index contributed by atoms with van der Waals surface area (Å²) in [5.41, 5.74) is 7.12. The van der Waals surface area contributed by atoms with Gasteiger partial charge in [0, 0.05) is 5.56 Å². The summed E-state index contributed by atoms with van der Waals surface area (Å²) >= 11 is 0. The Hall–Kier alpha value is -4.26. The zero-order valence-corrected chi connectivity index (χ0v) is 16.7. The van der Waals surface area contributed by atoms with Gasteiger partial charge in [0.2, 0.25) is 6.10 Å². The highest BCUT2D eigenvalue weighted by atomic mass is 16.5. The third kappa shape index (κ3) is 3.93. The van der Waals surface area contributed by atoms with Crippen LogP contribution in [0.15, 0.2) is 83.7 Å². The van der Waals surface area contributed by atoms with Crippen LogP contribution >= 0.6 is 0 Å². The largest absolute Gasteiger partial charge is 0.444 e. The summed E-state index contributed by atoms with van der Waals surface area (Å²) in [5.74, 6) is -0.933. The third-order valence-electron chi connectivity index (χ3n) is 4.89. The Morgan fingerprint density at radius 1 is 0.935 bits per heavy atom. The van der Waals surface area contributed by atoms with Gasteiger partial charge in [-0.15, -0.1) is 0 Å². The zero-order chi connectivity index (χ0) is 22.0. The first-order chi connectivity index (χ1) is 15.0. The lowest BCUT2D eigenvalue weighted by atomic mass is 10.1. The lowest BCUT2D eigenvalue weighted by molar-refractivity contribution is -0.127. The number of carbonyl (C=O) groups excluding carboxylic acids is 2. The molecule has 3 aromatic carbocycles. The Morgan fingerprint density at radius 2 is 1.58 bits per heavy atom. The maximum absolute atomic E-state index is 12.9. The second-order valence-electron chi connectivity index (χ2n) is 6.96. The summed E-state index contributed by atoms with van der Waals surface area (Å²) in [4.78, 5) is 41.8. The number of hydrogen-bond acceptors (Lipinski definition) is 5. The summed E-state index contributed by atoms with van der Waals surface area (Å²) in [5, 5.41) is 0.503. The Morgan fingerprint density at radius 3 is 2.26 bits per heavy atom. The fraction of sp³-hybridized carbons (Fsp3) is 0.0833. The lowest BCUT2D eigenvalue weighted by Crippen LogP contribution is -2.26. The van der Waals surface area contributed by atoms with Gasteiger partial charge in [-0.05, 0) is 43.3 Å². The number of ether oxygens (including phenoxy) is 1. The highest BCUT2D eigenvalue weighted by Gasteiger charge is 2.23. The van der Waals surface area contributed by atoms with E-state index in [1.807, 2.05) is 6.07 Å². The van der Waals surface area contributed by atoms with Crippen molar-refractivity contribution < 1.29 is 14.3 Å². The molecule has 4 rings (SSSR count). The van der Waals surface area contributed by atoms with Crippen molar-refractivity contribution in [1.29, 1.82) is 0 Å². The lowest BCUT2D eigenvalue weighted by Gasteiger charge is -2.15. The first-order valence-corrected chi connectivity index (χ1v) is 9.60. The number of benzene rings is 3. The van der Waals surface area contributed by atoms with Crippen LogP contribution in [-0.4, -0.2) is 21.4 Å². The molecule has 31 heavy (non-hydrogen) atoms. The quantitative estimate of drug-likeness (QED) is 0.506. The molecule has 1 heterocycles. The Balaban J connectivity index is 1.63. The summed E-state index contributed by atoms with van der Waals surface area (Å²) in [7, 11) is 0. The number of aromatic nitrogens is 2. The summed E-state index contributed by atoms with van der Waals surface area (Å²) in [6, 6.07) is 22.0. The van der Waals surface area contributed by atoms with Crippen LogP contribution in [0, 0.1) is 6.92 Å². The molecular formula is C24H19N3O4. The van der Waals surface area contributed by atoms with Crippen molar-refractivity contribution in [2.75, 3.05) is 0 Å². The van der Waals surface area contributed by atoms with E-state index >= 15 is 0 Å². The molecule has 2 N–H and O–H groups in total. The molecule has 0 saturated heterocycles. The SMILES string of the molecule is Cc1nc2ccccc2c(=O)n1-c1ccc(C(=O)OC(C(N)=O)c2ccccc2)cc1. The first-order valence-electron chi connectivity index (χ1n) is 9.60. The number of nitrogens with zero attached hydrogens (tertiary/aromatic N) is 2. The van der Waals surface area contributed by atoms with Crippen molar-refractivity contribution in [1.82, 2.24) is 9.55 Å². The van der Waals surface area contributed by atoms with Crippen LogP contribution in [0.1, 0.15) is 27.8 Å². The molecule has 0 aliphatic heterocycles. The third-order valence-corrected chi connectivity index (χ3v) is 4.89. The van der Waals surface area contributed by atoms with Crippen LogP contribution < -0.4 is 11.3 Å². The van der Waals surface area contributed by atoms with Crippen LogP contribution in [0.25, 0.3) is 16.6 Å². The van der Waals surface area contributed by atoms with Gasteiger partial charge in [0.15, 0.2) is 0 Å². The molecule has 0 fully saturated rings. The standard InChI is InChI=1S/C24H19N3O4/c1-15-26-20-10-6-5-9-19(20)23(29)27(15)18-13-11-17(12-14-18)24(30)31-21(22(25)28)16-7-3-2-4-8-16/h2-14,21H,1H3,(H2,25,28). The summed E-state index contributed by atoms with van der Waals surface area (Å²) in [6.45, 7) is 1.74. The first kappa shape index (κ1) is 20.0. The van der Waals surface area contributed by atoms with E-state index < -0.39 is 18.0 Å². The Kier molecular flexibility index (Phi) is 5.32. The van der Waals surface area contributed by atoms with Gasteiger partial charge >= 0.3 is 5.97 Å². The van der Waals surface area contributed by atoms with Crippen molar-refractivity contribution in [3.63, 3.8) is 0 Å². The van der Waals surface area contributed by atoms with Gasteiger partial charge in [0.1, 0.15) is 5.82 Å². The van der Waals surface area contributed by atoms with E-state index in [0.29, 0.717) is 28.0 Å². The number of primary amides is 1. The molecule has 7 nitrogen and oxygen atoms in total. The van der Waals surface area contributed by atoms with E-state index in [9.17, 15) is 14.4 Å². The minimum absolute atomic E-state index is 0.198. The smallest absolute Gasteiger partial charge is 0.339 e. The molecule has 154 valence electrons. The molecule has 1 amide bonds. The van der Waals surface area contributed by atoms with Gasteiger partial charge in [-0.3, -0.25) is 14.2 Å². The molecule has 0 bridgehead atoms. The molecule has 0 spiro atoms. The molecular weight excluding hydrogens is 394 g/mol. The fourth-order valence-electron chi connectivity index (χ4n) is 3.39. The highest BCUT2D eigenvalue weighted by Crippen LogP contribution is 2.20. The Bertz CT molecular complexity index is 1330. The van der Waals surface area contributed by atoms with Gasteiger partial charge in [0.25, 0.3) is 11.5 Å². The minimum Gasteiger partial charge on any atom is -0.444 e. The van der Waals surface area contributed by atoms with E-state index in [2.05, 4.69) is 4.98 Å². The van der Waals surface area contributed by atoms with E-state index in [1.54, 1.807) is 67.6 Å². The second kappa shape index (κ2) is 8.23. The van der Waals surface area contributed by atoms with Crippen molar-refractivity contribution in [2.24, 2.45) is 5.73 Å². The molecule has 0 radical (unpaired) electrons. The van der Waals surface area contributed by atoms with Crippen molar-refractivity contribution >= 4 is 22.8 Å². The van der Waals surface area contributed by atoms with E-state index in [4.69, 9.17) is 10.5 Å². The van der Waals surface area contributed by atoms with Crippen LogP contribution in [-0.2, 0) is 9.53 Å². The summed E-state index contributed by atoms with van der Waals surface area (Å²) in [6.07, 6.45) is -1.19. The van der Waals surface area contributed by atoms with Crippen LogP contribution in [0.5, 0.6) is 0 Å². The normalized spacial score (nSPS) is 11.8. The number of esters is 1. The molecule has 7 heteroatoms. The van der Waals surface area contributed by atoms with Crippen LogP contribution in [0.2, 0.25) is 0 Å². The van der Waals surface area contributed by atoms with Gasteiger partial charge in [-0.2, -0.15) is 0 Å². The monoisotopic (exact) mass is 413 g/mol. The van der Waals surface area contributed by atoms with E-state index in [1.165, 1.54) is 16.7 Å². The van der Waals surface area contributed by atoms with Gasteiger partial charge in [-0.25, -0.2) is 9.78 Å². The minimum atomic E-state index is -1.19. The number of aryl methyl sites for hydroxylation is 1. The van der Waals surface area contributed by atoms with Gasteiger partial charge in [-0.1, -0.05) is 42.5 Å². The number of para-hydroxylation sites is 1. The average Bonchev–Trinajstić information content (AvgIpc) is 2.78. The predicted octanol–water partition coefficient (Wildman–Crippen LogP) is 3.08. The fourth-order valence-corrected chi connectivity index (χ4v) is 3.39. The van der Waals surface area contributed by atoms with Crippen LogP contribution in [0.4, 0.5) is 0 Å². The average molecular weight is 413 g/mol. The molecule has 1 atom stereocenters. The van der Waals surface area contributed by atoms with E-state index in [-0.39, 0.29) is 11.1 Å². The highest BCUT2D eigenvalue weighted by molar-refractivity contribution is 5.92. The van der Waals surface area contributed by atoms with E-state index in [0.717, 1.165) is 0 Å². The van der Waals surface area contributed by atoms with Crippen molar-refractivity contribution in [3.05, 3.63) is 106 Å². The number of amides is 1. The maximum atomic E-state index is 12.9. The van der Waals surface area contributed by atoms with Crippen molar-refractivity contribution in [3.8, 4) is 5.69 Å². The summed E-state index contributed by atoms with van der Waals surface area (Å²) < 4.78 is 6.82. The molecule has 0 saturated carbocycles. The number of rotatable bonds is 5.